The maximum absolute atomic E-state index is 12.3. The number of benzene rings is 1. The lowest BCUT2D eigenvalue weighted by molar-refractivity contribution is -0.119. The molecule has 0 bridgehead atoms. The molecule has 1 atom stereocenters. The summed E-state index contributed by atoms with van der Waals surface area (Å²) in [6.07, 6.45) is 6.90. The molecule has 0 aromatic heterocycles. The smallest absolute Gasteiger partial charge is 0.342 e. The average Bonchev–Trinajstić information content (AvgIpc) is 2.55. The molecule has 25 heavy (non-hydrogen) atoms. The summed E-state index contributed by atoms with van der Waals surface area (Å²) in [5.41, 5.74) is 0.460. The SMILES string of the molecule is CO.C[C@H]1CCCC(=O)CCC/C=C/c2cc(O)cc(O)c2C(=O)O1. The Morgan fingerprint density at radius 2 is 1.76 bits per heavy atom. The quantitative estimate of drug-likeness (QED) is 0.621. The number of hydrogen-bond acceptors (Lipinski definition) is 6. The predicted molar refractivity (Wildman–Crippen MR) is 94.5 cm³/mol. The maximum atomic E-state index is 12.3. The van der Waals surface area contributed by atoms with Gasteiger partial charge in [0.05, 0.1) is 6.10 Å². The lowest BCUT2D eigenvalue weighted by Gasteiger charge is -2.15. The monoisotopic (exact) mass is 350 g/mol. The van der Waals surface area contributed by atoms with Crippen molar-refractivity contribution in [3.63, 3.8) is 0 Å². The Kier molecular flexibility index (Phi) is 8.70. The highest BCUT2D eigenvalue weighted by molar-refractivity contribution is 5.97. The van der Waals surface area contributed by atoms with Crippen molar-refractivity contribution < 1.29 is 29.6 Å². The maximum Gasteiger partial charge on any atom is 0.342 e. The fourth-order valence-electron chi connectivity index (χ4n) is 2.63. The number of phenolic OH excluding ortho intramolecular Hbond substituents is 2. The number of aromatic hydroxyl groups is 2. The van der Waals surface area contributed by atoms with E-state index in [0.29, 0.717) is 37.7 Å². The normalized spacial score (nSPS) is 20.4. The second-order valence-electron chi connectivity index (χ2n) is 5.87. The Hall–Kier alpha value is -2.34. The summed E-state index contributed by atoms with van der Waals surface area (Å²) in [5, 5.41) is 26.6. The van der Waals surface area contributed by atoms with Crippen LogP contribution < -0.4 is 0 Å². The Morgan fingerprint density at radius 1 is 1.08 bits per heavy atom. The number of carbonyl (C=O) groups excluding carboxylic acids is 2. The Morgan fingerprint density at radius 3 is 2.48 bits per heavy atom. The van der Waals surface area contributed by atoms with Gasteiger partial charge in [0.25, 0.3) is 0 Å². The first-order valence-corrected chi connectivity index (χ1v) is 8.37. The number of fused-ring (bicyclic) bond motifs is 1. The molecule has 2 rings (SSSR count). The van der Waals surface area contributed by atoms with Crippen molar-refractivity contribution in [1.29, 1.82) is 0 Å². The summed E-state index contributed by atoms with van der Waals surface area (Å²) in [7, 11) is 1.00. The molecule has 0 spiro atoms. The molecule has 1 aromatic carbocycles. The number of esters is 1. The Bertz CT molecular complexity index is 621. The van der Waals surface area contributed by atoms with Crippen LogP contribution >= 0.6 is 0 Å². The lowest BCUT2D eigenvalue weighted by Crippen LogP contribution is -2.16. The summed E-state index contributed by atoms with van der Waals surface area (Å²) in [4.78, 5) is 24.0. The number of rotatable bonds is 0. The molecule has 0 unspecified atom stereocenters. The van der Waals surface area contributed by atoms with Crippen LogP contribution in [-0.4, -0.2) is 40.3 Å². The van der Waals surface area contributed by atoms with Crippen LogP contribution in [0, 0.1) is 0 Å². The van der Waals surface area contributed by atoms with E-state index >= 15 is 0 Å². The first kappa shape index (κ1) is 20.7. The third-order valence-corrected chi connectivity index (χ3v) is 3.84. The van der Waals surface area contributed by atoms with Gasteiger partial charge in [-0.15, -0.1) is 0 Å². The molecule has 0 amide bonds. The van der Waals surface area contributed by atoms with Gasteiger partial charge in [-0.1, -0.05) is 12.2 Å². The number of hydrogen-bond donors (Lipinski definition) is 3. The van der Waals surface area contributed by atoms with E-state index in [1.165, 1.54) is 6.07 Å². The van der Waals surface area contributed by atoms with Gasteiger partial charge in [0.2, 0.25) is 0 Å². The van der Waals surface area contributed by atoms with Crippen LogP contribution in [0.1, 0.15) is 61.4 Å². The number of aliphatic hydroxyl groups is 1. The summed E-state index contributed by atoms with van der Waals surface area (Å²) in [6.45, 7) is 1.77. The largest absolute Gasteiger partial charge is 0.508 e. The van der Waals surface area contributed by atoms with Crippen molar-refractivity contribution in [3.05, 3.63) is 29.3 Å². The number of allylic oxidation sites excluding steroid dienone is 1. The number of ether oxygens (including phenoxy) is 1. The summed E-state index contributed by atoms with van der Waals surface area (Å²) in [5.74, 6) is -0.824. The van der Waals surface area contributed by atoms with Gasteiger partial charge in [-0.3, -0.25) is 4.79 Å². The fraction of sp³-hybridized carbons (Fsp3) is 0.474. The molecule has 0 fully saturated rings. The zero-order chi connectivity index (χ0) is 18.8. The molecule has 138 valence electrons. The van der Waals surface area contributed by atoms with Crippen molar-refractivity contribution in [1.82, 2.24) is 0 Å². The molecule has 0 aliphatic carbocycles. The predicted octanol–water partition coefficient (Wildman–Crippen LogP) is 3.19. The van der Waals surface area contributed by atoms with Crippen molar-refractivity contribution in [2.24, 2.45) is 0 Å². The molecular weight excluding hydrogens is 324 g/mol. The standard InChI is InChI=1S/C18H22O5.CH4O/c1-12-6-5-9-14(19)8-4-2-3-7-13-10-15(20)11-16(21)17(13)18(22)23-12;1-2/h3,7,10-12,20-21H,2,4-6,8-9H2,1H3;2H,1H3/b7-3+;/t12-;/m0./s1. The lowest BCUT2D eigenvalue weighted by atomic mass is 10.0. The van der Waals surface area contributed by atoms with E-state index in [4.69, 9.17) is 9.84 Å². The van der Waals surface area contributed by atoms with E-state index in [2.05, 4.69) is 0 Å². The third kappa shape index (κ3) is 6.58. The van der Waals surface area contributed by atoms with Crippen LogP contribution in [0.15, 0.2) is 18.2 Å². The molecule has 0 saturated heterocycles. The van der Waals surface area contributed by atoms with Crippen LogP contribution in [-0.2, 0) is 9.53 Å². The molecule has 1 aliphatic rings. The highest BCUT2D eigenvalue weighted by atomic mass is 16.5. The Labute approximate surface area is 147 Å². The van der Waals surface area contributed by atoms with Crippen LogP contribution in [0.2, 0.25) is 0 Å². The molecule has 6 heteroatoms. The van der Waals surface area contributed by atoms with E-state index in [-0.39, 0.29) is 28.9 Å². The minimum absolute atomic E-state index is 0.0547. The van der Waals surface area contributed by atoms with Gasteiger partial charge in [-0.2, -0.15) is 0 Å². The van der Waals surface area contributed by atoms with Crippen LogP contribution in [0.25, 0.3) is 6.08 Å². The molecule has 1 heterocycles. The molecule has 1 aliphatic heterocycles. The number of carbonyl (C=O) groups is 2. The Balaban J connectivity index is 0.00000151. The summed E-state index contributed by atoms with van der Waals surface area (Å²) >= 11 is 0. The molecule has 6 nitrogen and oxygen atoms in total. The molecule has 0 radical (unpaired) electrons. The molecule has 1 aromatic rings. The third-order valence-electron chi connectivity index (χ3n) is 3.84. The van der Waals surface area contributed by atoms with Gasteiger partial charge >= 0.3 is 5.97 Å². The minimum atomic E-state index is -0.627. The van der Waals surface area contributed by atoms with E-state index in [0.717, 1.165) is 19.6 Å². The minimum Gasteiger partial charge on any atom is -0.508 e. The van der Waals surface area contributed by atoms with Gasteiger partial charge in [0.1, 0.15) is 22.8 Å². The number of Topliss-reactive ketones (excluding diaryl/α,β-unsaturated/α-hetero) is 1. The van der Waals surface area contributed by atoms with E-state index < -0.39 is 5.97 Å². The fourth-order valence-corrected chi connectivity index (χ4v) is 2.63. The number of phenols is 2. The van der Waals surface area contributed by atoms with Gasteiger partial charge < -0.3 is 20.1 Å². The van der Waals surface area contributed by atoms with Gasteiger partial charge in [-0.25, -0.2) is 4.79 Å². The second kappa shape index (κ2) is 10.5. The number of ketones is 1. The van der Waals surface area contributed by atoms with Crippen molar-refractivity contribution in [2.75, 3.05) is 7.11 Å². The average molecular weight is 350 g/mol. The highest BCUT2D eigenvalue weighted by Gasteiger charge is 2.20. The van der Waals surface area contributed by atoms with Gasteiger partial charge in [-0.05, 0) is 44.2 Å². The molecule has 0 saturated carbocycles. The van der Waals surface area contributed by atoms with Crippen LogP contribution in [0.4, 0.5) is 0 Å². The number of cyclic esters (lactones) is 1. The zero-order valence-electron chi connectivity index (χ0n) is 14.7. The molecular formula is C19H26O6. The highest BCUT2D eigenvalue weighted by Crippen LogP contribution is 2.29. The summed E-state index contributed by atoms with van der Waals surface area (Å²) < 4.78 is 5.35. The van der Waals surface area contributed by atoms with E-state index in [1.807, 2.05) is 6.08 Å². The first-order valence-electron chi connectivity index (χ1n) is 8.37. The molecule has 3 N–H and O–H groups in total. The van der Waals surface area contributed by atoms with E-state index in [9.17, 15) is 19.8 Å². The number of aliphatic hydroxyl groups excluding tert-OH is 1. The van der Waals surface area contributed by atoms with Gasteiger partial charge in [0.15, 0.2) is 0 Å². The van der Waals surface area contributed by atoms with Crippen LogP contribution in [0.5, 0.6) is 11.5 Å². The summed E-state index contributed by atoms with van der Waals surface area (Å²) in [6, 6.07) is 2.54. The zero-order valence-corrected chi connectivity index (χ0v) is 14.7. The van der Waals surface area contributed by atoms with Crippen LogP contribution in [0.3, 0.4) is 0 Å². The van der Waals surface area contributed by atoms with E-state index in [1.54, 1.807) is 13.0 Å². The topological polar surface area (TPSA) is 104 Å². The van der Waals surface area contributed by atoms with Gasteiger partial charge in [0, 0.05) is 26.0 Å². The van der Waals surface area contributed by atoms with Crippen molar-refractivity contribution in [3.8, 4) is 11.5 Å². The van der Waals surface area contributed by atoms with Crippen molar-refractivity contribution >= 4 is 17.8 Å². The first-order chi connectivity index (χ1) is 12.0. The second-order valence-corrected chi connectivity index (χ2v) is 5.87. The van der Waals surface area contributed by atoms with Crippen molar-refractivity contribution in [2.45, 2.75) is 51.6 Å².